The van der Waals surface area contributed by atoms with E-state index in [1.54, 1.807) is 28.2 Å². The van der Waals surface area contributed by atoms with E-state index >= 15 is 0 Å². The summed E-state index contributed by atoms with van der Waals surface area (Å²) in [5.41, 5.74) is 2.82. The van der Waals surface area contributed by atoms with Crippen molar-refractivity contribution in [3.05, 3.63) is 48.2 Å². The summed E-state index contributed by atoms with van der Waals surface area (Å²) in [6.07, 6.45) is 6.77. The average Bonchev–Trinajstić information content (AvgIpc) is 3.46. The molecule has 0 N–H and O–H groups in total. The van der Waals surface area contributed by atoms with Crippen LogP contribution in [0.5, 0.6) is 0 Å². The van der Waals surface area contributed by atoms with Gasteiger partial charge in [0.1, 0.15) is 12.0 Å². The third kappa shape index (κ3) is 3.82. The number of alkyl halides is 4. The molecule has 8 nitrogen and oxygen atoms in total. The third-order valence-corrected chi connectivity index (χ3v) is 6.65. The Morgan fingerprint density at radius 1 is 1.13 bits per heavy atom. The molecule has 5 heterocycles. The zero-order valence-electron chi connectivity index (χ0n) is 15.4. The number of aromatic nitrogens is 5. The van der Waals surface area contributed by atoms with Crippen LogP contribution >= 0.6 is 67.8 Å². The highest BCUT2D eigenvalue weighted by Crippen LogP contribution is 2.41. The van der Waals surface area contributed by atoms with Gasteiger partial charge >= 0.3 is 0 Å². The molecule has 0 spiro atoms. The van der Waals surface area contributed by atoms with Crippen LogP contribution in [-0.2, 0) is 6.10 Å². The minimum atomic E-state index is -0.788. The van der Waals surface area contributed by atoms with Crippen molar-refractivity contribution in [2.75, 3.05) is 22.9 Å². The summed E-state index contributed by atoms with van der Waals surface area (Å²) in [7, 11) is 0. The van der Waals surface area contributed by atoms with Crippen molar-refractivity contribution < 1.29 is 9.18 Å². The van der Waals surface area contributed by atoms with Gasteiger partial charge in [0.25, 0.3) is 5.91 Å². The molecule has 3 aromatic heterocycles. The average molecular weight is 745 g/mol. The lowest BCUT2D eigenvalue weighted by Crippen LogP contribution is -2.23. The largest absolute Gasteiger partial charge is 0.354 e. The molecular formula is C18H15FI3N7O. The minimum absolute atomic E-state index is 0.0904. The van der Waals surface area contributed by atoms with Gasteiger partial charge in [0.2, 0.25) is -0.441 Å². The van der Waals surface area contributed by atoms with Crippen molar-refractivity contribution in [3.8, 4) is 5.69 Å². The highest BCUT2D eigenvalue weighted by atomic mass is 127. The molecule has 3 aromatic rings. The molecule has 1 atom stereocenters. The highest BCUT2D eigenvalue weighted by Gasteiger charge is 2.33. The molecular weight excluding hydrogens is 730 g/mol. The van der Waals surface area contributed by atoms with Crippen LogP contribution < -0.4 is 9.80 Å². The number of carbonyl (C=O) groups is 1. The van der Waals surface area contributed by atoms with E-state index < -0.39 is 6.17 Å². The fraction of sp³-hybridized carbons (Fsp3) is 0.333. The van der Waals surface area contributed by atoms with Crippen LogP contribution in [0.2, 0.25) is 0 Å². The number of pyridine rings is 1. The summed E-state index contributed by atoms with van der Waals surface area (Å²) in [6.45, 7) is 1.47. The number of fused-ring (bicyclic) bond motifs is 1. The maximum absolute atomic E-state index is 13.4. The molecule has 2 aliphatic rings. The number of halogens is 4. The van der Waals surface area contributed by atoms with E-state index in [1.807, 2.05) is 27.9 Å². The minimum Gasteiger partial charge on any atom is -0.354 e. The number of rotatable bonds is 4. The molecule has 0 aliphatic carbocycles. The second kappa shape index (κ2) is 7.83. The molecule has 0 bridgehead atoms. The Morgan fingerprint density at radius 2 is 1.97 bits per heavy atom. The van der Waals surface area contributed by atoms with E-state index in [9.17, 15) is 9.18 Å². The molecule has 30 heavy (non-hydrogen) atoms. The van der Waals surface area contributed by atoms with Gasteiger partial charge in [0.05, 0.1) is 54.3 Å². The predicted molar refractivity (Wildman–Crippen MR) is 136 cm³/mol. The molecule has 0 radical (unpaired) electrons. The normalized spacial score (nSPS) is 19.1. The van der Waals surface area contributed by atoms with Gasteiger partial charge in [-0.05, 0) is 86.3 Å². The molecule has 5 rings (SSSR count). The monoisotopic (exact) mass is 745 g/mol. The van der Waals surface area contributed by atoms with Crippen molar-refractivity contribution in [1.82, 2.24) is 24.5 Å². The first-order valence-corrected chi connectivity index (χ1v) is 12.4. The van der Waals surface area contributed by atoms with Crippen molar-refractivity contribution >= 4 is 85.2 Å². The lowest BCUT2D eigenvalue weighted by Gasteiger charge is -2.16. The zero-order valence-corrected chi connectivity index (χ0v) is 21.9. The van der Waals surface area contributed by atoms with E-state index in [0.717, 1.165) is 22.9 Å². The summed E-state index contributed by atoms with van der Waals surface area (Å²) < 4.78 is 16.7. The van der Waals surface area contributed by atoms with Gasteiger partial charge in [-0.25, -0.2) is 18.7 Å². The SMILES string of the molecule is O=C1c2cn(-c3ccc(N4CC[C@@H](F)C4)nc3)nc2CN1c1cnn(C(I)(I)I)c1. The van der Waals surface area contributed by atoms with Crippen LogP contribution in [-0.4, -0.2) is 49.7 Å². The van der Waals surface area contributed by atoms with Gasteiger partial charge in [0.15, 0.2) is 0 Å². The van der Waals surface area contributed by atoms with Crippen molar-refractivity contribution in [3.63, 3.8) is 0 Å². The first-order valence-electron chi connectivity index (χ1n) is 9.17. The van der Waals surface area contributed by atoms with Gasteiger partial charge in [0, 0.05) is 12.7 Å². The second-order valence-corrected chi connectivity index (χ2v) is 18.0. The Morgan fingerprint density at radius 3 is 2.57 bits per heavy atom. The lowest BCUT2D eigenvalue weighted by molar-refractivity contribution is 0.0996. The quantitative estimate of drug-likeness (QED) is 0.298. The second-order valence-electron chi connectivity index (χ2n) is 7.14. The number of amides is 1. The van der Waals surface area contributed by atoms with Crippen LogP contribution in [0.15, 0.2) is 36.9 Å². The number of nitrogens with zero attached hydrogens (tertiary/aromatic N) is 7. The molecule has 0 aromatic carbocycles. The van der Waals surface area contributed by atoms with E-state index in [-0.39, 0.29) is 5.47 Å². The number of anilines is 2. The van der Waals surface area contributed by atoms with Gasteiger partial charge in [-0.3, -0.25) is 9.69 Å². The Balaban J connectivity index is 1.34. The Labute approximate surface area is 212 Å². The fourth-order valence-electron chi connectivity index (χ4n) is 3.63. The van der Waals surface area contributed by atoms with E-state index in [1.165, 1.54) is 0 Å². The molecule has 12 heteroatoms. The first kappa shape index (κ1) is 20.8. The fourth-order valence-corrected chi connectivity index (χ4v) is 4.42. The maximum Gasteiger partial charge on any atom is 0.262 e. The molecule has 1 saturated heterocycles. The Kier molecular flexibility index (Phi) is 5.44. The molecule has 1 fully saturated rings. The van der Waals surface area contributed by atoms with Crippen molar-refractivity contribution in [2.24, 2.45) is 0 Å². The van der Waals surface area contributed by atoms with Gasteiger partial charge in [-0.1, -0.05) is 0 Å². The van der Waals surface area contributed by atoms with Crippen molar-refractivity contribution in [2.45, 2.75) is 18.7 Å². The first-order chi connectivity index (χ1) is 14.3. The maximum atomic E-state index is 13.4. The Hall–Kier alpha value is -1.04. The van der Waals surface area contributed by atoms with Crippen LogP contribution in [0.4, 0.5) is 15.9 Å². The van der Waals surface area contributed by atoms with Crippen LogP contribution in [0.3, 0.4) is 0 Å². The number of carbonyl (C=O) groups excluding carboxylic acids is 1. The van der Waals surface area contributed by atoms with E-state index in [2.05, 4.69) is 83.0 Å². The zero-order chi connectivity index (χ0) is 21.0. The van der Waals surface area contributed by atoms with E-state index in [4.69, 9.17) is 0 Å². The number of hydrogen-bond donors (Lipinski definition) is 0. The van der Waals surface area contributed by atoms with Gasteiger partial charge in [-0.15, -0.1) is 0 Å². The third-order valence-electron chi connectivity index (χ3n) is 5.17. The summed E-state index contributed by atoms with van der Waals surface area (Å²) in [5, 5.41) is 8.95. The van der Waals surface area contributed by atoms with Gasteiger partial charge in [-0.2, -0.15) is 10.2 Å². The van der Waals surface area contributed by atoms with Crippen LogP contribution in [0.1, 0.15) is 22.5 Å². The molecule has 2 aliphatic heterocycles. The van der Waals surface area contributed by atoms with E-state index in [0.29, 0.717) is 31.6 Å². The predicted octanol–water partition coefficient (Wildman–Crippen LogP) is 4.05. The van der Waals surface area contributed by atoms with Crippen LogP contribution in [0, 0.1) is 0 Å². The summed E-state index contributed by atoms with van der Waals surface area (Å²) in [5.74, 6) is 0.669. The molecule has 156 valence electrons. The molecule has 0 unspecified atom stereocenters. The summed E-state index contributed by atoms with van der Waals surface area (Å²) >= 11 is 6.83. The van der Waals surface area contributed by atoms with Gasteiger partial charge < -0.3 is 4.90 Å². The summed E-state index contributed by atoms with van der Waals surface area (Å²) in [4.78, 5) is 21.0. The Bertz CT molecular complexity index is 1110. The summed E-state index contributed by atoms with van der Waals surface area (Å²) in [6, 6.07) is 3.76. The standard InChI is InChI=1S/C18H15FI3N7O/c19-11-3-4-26(7-11)16-2-1-12(5-23-16)28-9-14-15(25-28)10-27(17(14)30)13-6-24-29(8-13)18(20,21)22/h1-2,5-6,8-9,11H,3-4,7,10H2/t11-/m1/s1. The van der Waals surface area contributed by atoms with Crippen LogP contribution in [0.25, 0.3) is 5.69 Å². The molecule has 1 amide bonds. The molecule has 0 saturated carbocycles. The highest BCUT2D eigenvalue weighted by molar-refractivity contribution is 14.3. The lowest BCUT2D eigenvalue weighted by atomic mass is 10.3. The topological polar surface area (TPSA) is 72.1 Å². The number of hydrogen-bond acceptors (Lipinski definition) is 5. The smallest absolute Gasteiger partial charge is 0.262 e. The van der Waals surface area contributed by atoms with Crippen molar-refractivity contribution in [1.29, 1.82) is 0 Å².